The molecule has 0 N–H and O–H groups in total. The zero-order valence-electron chi connectivity index (χ0n) is 41.9. The molecule has 0 radical (unpaired) electrons. The van der Waals surface area contributed by atoms with Gasteiger partial charge in [-0.1, -0.05) is 206 Å². The summed E-state index contributed by atoms with van der Waals surface area (Å²) in [6.45, 7) is 0. The van der Waals surface area contributed by atoms with Gasteiger partial charge in [0.15, 0.2) is 0 Å². The van der Waals surface area contributed by atoms with Crippen molar-refractivity contribution in [1.29, 1.82) is 0 Å². The first kappa shape index (κ1) is 42.4. The van der Waals surface area contributed by atoms with Gasteiger partial charge in [0.25, 0.3) is 0 Å². The first-order valence-corrected chi connectivity index (χ1v) is 26.7. The maximum atomic E-state index is 6.56. The zero-order chi connectivity index (χ0) is 50.4. The zero-order valence-corrected chi connectivity index (χ0v) is 41.9. The van der Waals surface area contributed by atoms with E-state index in [1.165, 1.54) is 94.8 Å². The van der Waals surface area contributed by atoms with Gasteiger partial charge in [0.1, 0.15) is 11.2 Å². The van der Waals surface area contributed by atoms with Crippen LogP contribution in [0.4, 0.5) is 34.1 Å². The van der Waals surface area contributed by atoms with Crippen LogP contribution in [0.1, 0.15) is 44.5 Å². The number of para-hydroxylation sites is 3. The third kappa shape index (κ3) is 5.54. The Kier molecular flexibility index (Phi) is 8.69. The summed E-state index contributed by atoms with van der Waals surface area (Å²) in [5.74, 6) is 0. The van der Waals surface area contributed by atoms with Crippen LogP contribution in [-0.2, 0) is 10.8 Å². The average Bonchev–Trinajstić information content (AvgIpc) is 4.36. The summed E-state index contributed by atoms with van der Waals surface area (Å²) in [5, 5.41) is 2.18. The van der Waals surface area contributed by atoms with Crippen molar-refractivity contribution in [3.8, 4) is 44.5 Å². The highest BCUT2D eigenvalue weighted by molar-refractivity contribution is 6.08. The van der Waals surface area contributed by atoms with Crippen molar-refractivity contribution < 1.29 is 4.42 Å². The van der Waals surface area contributed by atoms with E-state index in [9.17, 15) is 0 Å². The standard InChI is InChI=1S/C74H46N2O/c1-4-21-47(22-5-1)59-44-52(46-66-71(59)58-31-20-37-68-72(58)73(66,48-23-6-2-7-24-48)64-35-17-18-36-67(64)76(68)49-25-8-3-9-26-49)75(50-40-42-70-60(43-50)57-30-13-19-38-69(57)77-70)51-39-41-56-55-29-12-16-34-63(55)74(65(56)45-51)61-32-14-10-27-53(61)54-28-11-15-33-62(54)74/h1-46H. The highest BCUT2D eigenvalue weighted by Gasteiger charge is 2.54. The molecule has 0 saturated heterocycles. The number of fused-ring (bicyclic) bond motifs is 18. The van der Waals surface area contributed by atoms with Crippen molar-refractivity contribution in [3.05, 3.63) is 324 Å². The van der Waals surface area contributed by atoms with Gasteiger partial charge in [-0.2, -0.15) is 0 Å². The molecule has 17 rings (SSSR count). The van der Waals surface area contributed by atoms with Crippen LogP contribution in [0.15, 0.2) is 283 Å². The molecule has 0 bridgehead atoms. The van der Waals surface area contributed by atoms with Gasteiger partial charge in [0.05, 0.1) is 22.2 Å². The Morgan fingerprint density at radius 2 is 0.844 bits per heavy atom. The molecule has 3 aliphatic carbocycles. The van der Waals surface area contributed by atoms with Gasteiger partial charge in [-0.3, -0.25) is 0 Å². The van der Waals surface area contributed by atoms with Crippen LogP contribution in [0.3, 0.4) is 0 Å². The molecule has 77 heavy (non-hydrogen) atoms. The van der Waals surface area contributed by atoms with E-state index in [1.54, 1.807) is 0 Å². The molecule has 4 aliphatic rings. The SMILES string of the molecule is c1ccc(-c2cc(N(c3ccc4c(c3)C3(c5ccccc5-c5ccccc53)c3ccccc3-4)c3ccc4oc5ccccc5c4c3)cc3c2-c2cccc4c2C3(c2ccccc2)c2ccccc2N4c2ccccc2)cc1. The molecule has 2 heterocycles. The van der Waals surface area contributed by atoms with Gasteiger partial charge < -0.3 is 14.2 Å². The molecule has 0 saturated carbocycles. The molecule has 1 unspecified atom stereocenters. The number of hydrogen-bond acceptors (Lipinski definition) is 3. The summed E-state index contributed by atoms with van der Waals surface area (Å²) in [4.78, 5) is 5.02. The molecule has 0 amide bonds. The fourth-order valence-electron chi connectivity index (χ4n) is 14.6. The van der Waals surface area contributed by atoms with Crippen LogP contribution >= 0.6 is 0 Å². The molecule has 12 aromatic carbocycles. The van der Waals surface area contributed by atoms with Crippen molar-refractivity contribution in [1.82, 2.24) is 0 Å². The van der Waals surface area contributed by atoms with Crippen LogP contribution in [-0.4, -0.2) is 0 Å². The molecule has 1 spiro atoms. The van der Waals surface area contributed by atoms with E-state index in [0.29, 0.717) is 0 Å². The minimum absolute atomic E-state index is 0.523. The van der Waals surface area contributed by atoms with Gasteiger partial charge in [0, 0.05) is 39.1 Å². The lowest BCUT2D eigenvalue weighted by Crippen LogP contribution is -2.36. The Balaban J connectivity index is 0.999. The molecule has 0 fully saturated rings. The predicted octanol–water partition coefficient (Wildman–Crippen LogP) is 19.2. The first-order valence-electron chi connectivity index (χ1n) is 26.7. The van der Waals surface area contributed by atoms with Gasteiger partial charge in [-0.25, -0.2) is 0 Å². The molecule has 1 aromatic heterocycles. The van der Waals surface area contributed by atoms with Gasteiger partial charge in [-0.15, -0.1) is 0 Å². The number of benzene rings is 12. The third-order valence-electron chi connectivity index (χ3n) is 17.4. The first-order chi connectivity index (χ1) is 38.2. The molecular formula is C74H46N2O. The second-order valence-electron chi connectivity index (χ2n) is 21.0. The fourth-order valence-corrected chi connectivity index (χ4v) is 14.6. The lowest BCUT2D eigenvalue weighted by molar-refractivity contribution is 0.669. The quantitative estimate of drug-likeness (QED) is 0.166. The number of hydrogen-bond donors (Lipinski definition) is 0. The normalized spacial score (nSPS) is 15.4. The Morgan fingerprint density at radius 3 is 1.57 bits per heavy atom. The number of rotatable bonds is 6. The highest BCUT2D eigenvalue weighted by Crippen LogP contribution is 2.68. The van der Waals surface area contributed by atoms with E-state index in [1.807, 2.05) is 0 Å². The summed E-state index contributed by atoms with van der Waals surface area (Å²) in [7, 11) is 0. The van der Waals surface area contributed by atoms with E-state index < -0.39 is 10.8 Å². The van der Waals surface area contributed by atoms with Crippen LogP contribution in [0, 0.1) is 0 Å². The number of furan rings is 1. The maximum Gasteiger partial charge on any atom is 0.135 e. The number of anilines is 6. The largest absolute Gasteiger partial charge is 0.456 e. The second-order valence-corrected chi connectivity index (χ2v) is 21.0. The number of nitrogens with zero attached hydrogens (tertiary/aromatic N) is 2. The van der Waals surface area contributed by atoms with Crippen LogP contribution in [0.25, 0.3) is 66.4 Å². The highest BCUT2D eigenvalue weighted by atomic mass is 16.3. The topological polar surface area (TPSA) is 19.6 Å². The Morgan fingerprint density at radius 1 is 0.312 bits per heavy atom. The minimum atomic E-state index is -0.693. The average molecular weight is 979 g/mol. The smallest absolute Gasteiger partial charge is 0.135 e. The molecule has 1 aliphatic heterocycles. The minimum Gasteiger partial charge on any atom is -0.456 e. The molecule has 3 nitrogen and oxygen atoms in total. The predicted molar refractivity (Wildman–Crippen MR) is 316 cm³/mol. The van der Waals surface area contributed by atoms with E-state index in [-0.39, 0.29) is 0 Å². The van der Waals surface area contributed by atoms with Crippen LogP contribution < -0.4 is 9.80 Å². The summed E-state index contributed by atoms with van der Waals surface area (Å²) in [6, 6.07) is 104. The van der Waals surface area contributed by atoms with E-state index in [4.69, 9.17) is 4.42 Å². The van der Waals surface area contributed by atoms with Crippen molar-refractivity contribution in [2.45, 2.75) is 10.8 Å². The maximum absolute atomic E-state index is 6.56. The van der Waals surface area contributed by atoms with Gasteiger partial charge >= 0.3 is 0 Å². The molecule has 1 atom stereocenters. The molecular weight excluding hydrogens is 933 g/mol. The van der Waals surface area contributed by atoms with Gasteiger partial charge in [0.2, 0.25) is 0 Å². The van der Waals surface area contributed by atoms with E-state index in [2.05, 4.69) is 289 Å². The van der Waals surface area contributed by atoms with Gasteiger partial charge in [-0.05, 0) is 156 Å². The van der Waals surface area contributed by atoms with Crippen LogP contribution in [0.2, 0.25) is 0 Å². The summed E-state index contributed by atoms with van der Waals surface area (Å²) < 4.78 is 6.56. The van der Waals surface area contributed by atoms with Crippen molar-refractivity contribution >= 4 is 56.1 Å². The molecule has 13 aromatic rings. The Hall–Kier alpha value is -9.96. The summed E-state index contributed by atoms with van der Waals surface area (Å²) in [6.07, 6.45) is 0. The lowest BCUT2D eigenvalue weighted by atomic mass is 9.64. The van der Waals surface area contributed by atoms with E-state index in [0.717, 1.165) is 50.3 Å². The monoisotopic (exact) mass is 978 g/mol. The Bertz CT molecular complexity index is 4530. The Labute approximate surface area is 446 Å². The van der Waals surface area contributed by atoms with Crippen molar-refractivity contribution in [2.24, 2.45) is 0 Å². The third-order valence-corrected chi connectivity index (χ3v) is 17.4. The molecule has 358 valence electrons. The van der Waals surface area contributed by atoms with E-state index >= 15 is 0 Å². The molecule has 3 heteroatoms. The summed E-state index contributed by atoms with van der Waals surface area (Å²) >= 11 is 0. The van der Waals surface area contributed by atoms with Crippen molar-refractivity contribution in [2.75, 3.05) is 9.80 Å². The van der Waals surface area contributed by atoms with Crippen LogP contribution in [0.5, 0.6) is 0 Å². The second kappa shape index (κ2) is 15.8. The summed E-state index contributed by atoms with van der Waals surface area (Å²) in [5.41, 5.74) is 27.5. The fraction of sp³-hybridized carbons (Fsp3) is 0.0270. The lowest BCUT2D eigenvalue weighted by Gasteiger charge is -2.44. The van der Waals surface area contributed by atoms with Crippen molar-refractivity contribution in [3.63, 3.8) is 0 Å².